The molecule has 0 N–H and O–H groups in total. The van der Waals surface area contributed by atoms with Gasteiger partial charge in [0.05, 0.1) is 17.4 Å². The molecule has 1 saturated heterocycles. The molecule has 1 aliphatic rings. The van der Waals surface area contributed by atoms with Crippen LogP contribution in [0.5, 0.6) is 0 Å². The average molecular weight is 446 g/mol. The molecule has 0 spiro atoms. The number of nitrogens with zero attached hydrogens (tertiary/aromatic N) is 2. The zero-order valence-corrected chi connectivity index (χ0v) is 19.5. The number of hydrogen-bond acceptors (Lipinski definition) is 5. The van der Waals surface area contributed by atoms with E-state index in [9.17, 15) is 0 Å². The molecule has 166 valence electrons. The Balaban J connectivity index is 1.51. The van der Waals surface area contributed by atoms with Crippen LogP contribution < -0.4 is 5.72 Å². The third-order valence-corrected chi connectivity index (χ3v) is 7.56. The van der Waals surface area contributed by atoms with Crippen LogP contribution in [0.2, 0.25) is 0 Å². The lowest BCUT2D eigenvalue weighted by Crippen LogP contribution is -2.41. The summed E-state index contributed by atoms with van der Waals surface area (Å²) in [5.74, 6) is 0. The van der Waals surface area contributed by atoms with E-state index < -0.39 is 18.3 Å². The molecule has 5 nitrogen and oxygen atoms in total. The predicted octanol–water partition coefficient (Wildman–Crippen LogP) is 6.13. The molecule has 3 heterocycles. The predicted molar refractivity (Wildman–Crippen MR) is 138 cm³/mol. The highest BCUT2D eigenvalue weighted by Crippen LogP contribution is 2.39. The van der Waals surface area contributed by atoms with Gasteiger partial charge in [-0.2, -0.15) is 0 Å². The van der Waals surface area contributed by atoms with Crippen LogP contribution in [0.1, 0.15) is 27.7 Å². The minimum absolute atomic E-state index is 0.454. The fourth-order valence-corrected chi connectivity index (χ4v) is 5.03. The number of hydrogen-bond donors (Lipinski definition) is 0. The van der Waals surface area contributed by atoms with Crippen LogP contribution in [-0.4, -0.2) is 28.3 Å². The third kappa shape index (κ3) is 2.64. The van der Waals surface area contributed by atoms with Crippen molar-refractivity contribution in [2.45, 2.75) is 38.9 Å². The number of rotatable bonds is 1. The third-order valence-electron chi connectivity index (χ3n) is 7.56. The van der Waals surface area contributed by atoms with Crippen LogP contribution in [0, 0.1) is 0 Å². The maximum absolute atomic E-state index is 6.21. The van der Waals surface area contributed by atoms with Crippen LogP contribution >= 0.6 is 0 Å². The van der Waals surface area contributed by atoms with Crippen molar-refractivity contribution >= 4 is 67.2 Å². The van der Waals surface area contributed by atoms with E-state index >= 15 is 0 Å². The Morgan fingerprint density at radius 1 is 0.647 bits per heavy atom. The van der Waals surface area contributed by atoms with Gasteiger partial charge >= 0.3 is 7.12 Å². The maximum atomic E-state index is 6.21. The Bertz CT molecular complexity index is 1770. The highest BCUT2D eigenvalue weighted by molar-refractivity contribution is 6.60. The van der Waals surface area contributed by atoms with Gasteiger partial charge < -0.3 is 13.7 Å². The highest BCUT2D eigenvalue weighted by Gasteiger charge is 2.53. The SMILES string of the molecule is CC1(C)OB(c2ncc3oc4cc5c6ccccc6c6ccccc6c5cc4c3n2)OC1(C)C. The van der Waals surface area contributed by atoms with E-state index in [1.54, 1.807) is 6.20 Å². The van der Waals surface area contributed by atoms with Gasteiger partial charge in [-0.15, -0.1) is 0 Å². The van der Waals surface area contributed by atoms with Crippen LogP contribution in [0.4, 0.5) is 0 Å². The first kappa shape index (κ1) is 19.9. The number of fused-ring (bicyclic) bond motifs is 9. The molecule has 0 atom stereocenters. The Morgan fingerprint density at radius 3 is 1.76 bits per heavy atom. The van der Waals surface area contributed by atoms with E-state index in [1.807, 2.05) is 27.7 Å². The van der Waals surface area contributed by atoms with Crippen LogP contribution in [0.15, 0.2) is 71.3 Å². The highest BCUT2D eigenvalue weighted by atomic mass is 16.7. The van der Waals surface area contributed by atoms with E-state index in [4.69, 9.17) is 18.7 Å². The summed E-state index contributed by atoms with van der Waals surface area (Å²) in [7, 11) is -0.621. The lowest BCUT2D eigenvalue weighted by molar-refractivity contribution is 0.00578. The Hall–Kier alpha value is -3.48. The Labute approximate surface area is 196 Å². The van der Waals surface area contributed by atoms with E-state index in [1.165, 1.54) is 32.3 Å². The van der Waals surface area contributed by atoms with Crippen molar-refractivity contribution in [3.63, 3.8) is 0 Å². The first-order valence-corrected chi connectivity index (χ1v) is 11.6. The minimum Gasteiger partial charge on any atom is -0.453 e. The molecule has 2 aromatic heterocycles. The molecule has 0 radical (unpaired) electrons. The van der Waals surface area contributed by atoms with Gasteiger partial charge in [0.15, 0.2) is 11.3 Å². The molecule has 0 amide bonds. The molecule has 34 heavy (non-hydrogen) atoms. The van der Waals surface area contributed by atoms with Crippen molar-refractivity contribution in [3.8, 4) is 0 Å². The van der Waals surface area contributed by atoms with Gasteiger partial charge in [0.1, 0.15) is 11.1 Å². The van der Waals surface area contributed by atoms with Gasteiger partial charge in [-0.3, -0.25) is 0 Å². The monoisotopic (exact) mass is 446 g/mol. The maximum Gasteiger partial charge on any atom is 0.534 e. The van der Waals surface area contributed by atoms with Crippen molar-refractivity contribution in [2.24, 2.45) is 0 Å². The molecule has 6 aromatic rings. The molecule has 1 fully saturated rings. The second kappa shape index (κ2) is 6.56. The van der Waals surface area contributed by atoms with Gasteiger partial charge in [-0.05, 0) is 72.1 Å². The van der Waals surface area contributed by atoms with Crippen LogP contribution in [0.25, 0.3) is 54.4 Å². The molecule has 0 unspecified atom stereocenters. The number of aromatic nitrogens is 2. The largest absolute Gasteiger partial charge is 0.534 e. The summed E-state index contributed by atoms with van der Waals surface area (Å²) < 4.78 is 18.6. The van der Waals surface area contributed by atoms with Crippen molar-refractivity contribution in [3.05, 3.63) is 66.9 Å². The molecule has 1 aliphatic heterocycles. The Kier molecular flexibility index (Phi) is 3.85. The number of furan rings is 1. The fourth-order valence-electron chi connectivity index (χ4n) is 5.03. The first-order chi connectivity index (χ1) is 16.3. The Morgan fingerprint density at radius 2 is 1.18 bits per heavy atom. The van der Waals surface area contributed by atoms with Gasteiger partial charge in [-0.1, -0.05) is 48.5 Å². The summed E-state index contributed by atoms with van der Waals surface area (Å²) in [6, 6.07) is 21.4. The van der Waals surface area contributed by atoms with E-state index in [0.717, 1.165) is 16.5 Å². The summed E-state index contributed by atoms with van der Waals surface area (Å²) in [6.07, 6.45) is 1.73. The van der Waals surface area contributed by atoms with Crippen LogP contribution in [0.3, 0.4) is 0 Å². The van der Waals surface area contributed by atoms with Crippen molar-refractivity contribution in [1.29, 1.82) is 0 Å². The second-order valence-corrected chi connectivity index (χ2v) is 10.1. The van der Waals surface area contributed by atoms with Crippen molar-refractivity contribution in [2.75, 3.05) is 0 Å². The van der Waals surface area contributed by atoms with Crippen LogP contribution in [-0.2, 0) is 9.31 Å². The normalized spacial score (nSPS) is 17.6. The zero-order chi connectivity index (χ0) is 23.2. The summed E-state index contributed by atoms with van der Waals surface area (Å²) in [6.45, 7) is 8.11. The first-order valence-electron chi connectivity index (χ1n) is 11.6. The molecule has 0 saturated carbocycles. The summed E-state index contributed by atoms with van der Waals surface area (Å²) in [5.41, 5.74) is 1.82. The quantitative estimate of drug-likeness (QED) is 0.225. The molecule has 7 rings (SSSR count). The van der Waals surface area contributed by atoms with Gasteiger partial charge in [0.2, 0.25) is 0 Å². The zero-order valence-electron chi connectivity index (χ0n) is 19.5. The smallest absolute Gasteiger partial charge is 0.453 e. The molecule has 6 heteroatoms. The van der Waals surface area contributed by atoms with Gasteiger partial charge in [0.25, 0.3) is 0 Å². The lowest BCUT2D eigenvalue weighted by Gasteiger charge is -2.32. The summed E-state index contributed by atoms with van der Waals surface area (Å²) >= 11 is 0. The van der Waals surface area contributed by atoms with E-state index in [2.05, 4.69) is 65.6 Å². The molecular formula is C28H23BN2O3. The topological polar surface area (TPSA) is 57.4 Å². The standard InChI is InChI=1S/C28H23BN2O3/c1-27(2)28(3,4)34-29(33-27)26-30-15-24-25(31-26)22-13-20-18-11-7-5-9-16(18)17-10-6-8-12-19(17)21(20)14-23(22)32-24/h5-15H,1-4H3. The number of benzene rings is 4. The van der Waals surface area contributed by atoms with Gasteiger partial charge in [0, 0.05) is 5.39 Å². The summed E-state index contributed by atoms with van der Waals surface area (Å²) in [4.78, 5) is 9.40. The fraction of sp³-hybridized carbons (Fsp3) is 0.214. The average Bonchev–Trinajstić information content (AvgIpc) is 3.29. The van der Waals surface area contributed by atoms with Crippen molar-refractivity contribution < 1.29 is 13.7 Å². The lowest BCUT2D eigenvalue weighted by atomic mass is 9.89. The van der Waals surface area contributed by atoms with E-state index in [0.29, 0.717) is 11.3 Å². The molecule has 0 bridgehead atoms. The van der Waals surface area contributed by atoms with E-state index in [-0.39, 0.29) is 0 Å². The minimum atomic E-state index is -0.621. The molecular weight excluding hydrogens is 423 g/mol. The molecule has 0 aliphatic carbocycles. The molecule has 4 aromatic carbocycles. The summed E-state index contributed by atoms with van der Waals surface area (Å²) in [5, 5.41) is 8.22. The second-order valence-electron chi connectivity index (χ2n) is 10.1. The van der Waals surface area contributed by atoms with Crippen molar-refractivity contribution in [1.82, 2.24) is 9.97 Å². The van der Waals surface area contributed by atoms with Gasteiger partial charge in [-0.25, -0.2) is 9.97 Å².